The Hall–Kier alpha value is -0.830. The van der Waals surface area contributed by atoms with Gasteiger partial charge in [0.25, 0.3) is 0 Å². The first-order valence-electron chi connectivity index (χ1n) is 4.98. The molecule has 0 amide bonds. The molecule has 2 rings (SSSR count). The maximum absolute atomic E-state index is 4.52. The number of nitrogens with zero attached hydrogens (tertiary/aromatic N) is 2. The standard InChI is InChI=1S/C10H17N3/c1-4-13-8(3)10(7(2)12-13)9-5-11-6-9/h9,11H,4-6H2,1-3H3. The molecule has 0 bridgehead atoms. The minimum Gasteiger partial charge on any atom is -0.315 e. The van der Waals surface area contributed by atoms with Crippen LogP contribution in [0.5, 0.6) is 0 Å². The molecule has 1 saturated heterocycles. The molecular formula is C10H17N3. The van der Waals surface area contributed by atoms with Gasteiger partial charge in [-0.05, 0) is 20.8 Å². The van der Waals surface area contributed by atoms with Gasteiger partial charge in [0.2, 0.25) is 0 Å². The summed E-state index contributed by atoms with van der Waals surface area (Å²) in [7, 11) is 0. The molecule has 0 radical (unpaired) electrons. The molecule has 1 aromatic heterocycles. The van der Waals surface area contributed by atoms with E-state index in [0.29, 0.717) is 5.92 Å². The number of rotatable bonds is 2. The summed E-state index contributed by atoms with van der Waals surface area (Å²) in [6.07, 6.45) is 0. The van der Waals surface area contributed by atoms with Gasteiger partial charge < -0.3 is 5.32 Å². The number of aromatic nitrogens is 2. The molecule has 72 valence electrons. The molecule has 1 aliphatic rings. The Morgan fingerprint density at radius 2 is 2.15 bits per heavy atom. The zero-order valence-corrected chi connectivity index (χ0v) is 8.59. The van der Waals surface area contributed by atoms with Crippen molar-refractivity contribution in [3.8, 4) is 0 Å². The zero-order chi connectivity index (χ0) is 9.42. The first-order chi connectivity index (χ1) is 6.24. The molecule has 3 heteroatoms. The largest absolute Gasteiger partial charge is 0.315 e. The third-order valence-electron chi connectivity index (χ3n) is 2.93. The minimum absolute atomic E-state index is 0.709. The van der Waals surface area contributed by atoms with E-state index in [9.17, 15) is 0 Å². The molecule has 1 fully saturated rings. The Labute approximate surface area is 79.1 Å². The molecule has 1 aromatic rings. The lowest BCUT2D eigenvalue weighted by Gasteiger charge is -2.27. The number of aryl methyl sites for hydroxylation is 2. The van der Waals surface area contributed by atoms with Crippen LogP contribution in [0.2, 0.25) is 0 Å². The normalized spacial score (nSPS) is 17.5. The molecule has 0 saturated carbocycles. The Balaban J connectivity index is 2.37. The maximum atomic E-state index is 4.52. The van der Waals surface area contributed by atoms with Gasteiger partial charge in [0.05, 0.1) is 5.69 Å². The Bertz CT molecular complexity index is 310. The summed E-state index contributed by atoms with van der Waals surface area (Å²) in [5.41, 5.74) is 4.04. The summed E-state index contributed by atoms with van der Waals surface area (Å²) in [5.74, 6) is 0.709. The summed E-state index contributed by atoms with van der Waals surface area (Å²) < 4.78 is 2.10. The quantitative estimate of drug-likeness (QED) is 0.739. The number of nitrogens with one attached hydrogen (secondary N) is 1. The van der Waals surface area contributed by atoms with E-state index in [1.165, 1.54) is 17.0 Å². The monoisotopic (exact) mass is 179 g/mol. The van der Waals surface area contributed by atoms with Crippen molar-refractivity contribution in [3.05, 3.63) is 17.0 Å². The lowest BCUT2D eigenvalue weighted by Crippen LogP contribution is -2.40. The van der Waals surface area contributed by atoms with E-state index in [1.54, 1.807) is 0 Å². The van der Waals surface area contributed by atoms with Crippen LogP contribution in [0.15, 0.2) is 0 Å². The lowest BCUT2D eigenvalue weighted by molar-refractivity contribution is 0.444. The average Bonchev–Trinajstić information content (AvgIpc) is 2.29. The van der Waals surface area contributed by atoms with E-state index >= 15 is 0 Å². The number of hydrogen-bond acceptors (Lipinski definition) is 2. The van der Waals surface area contributed by atoms with Crippen molar-refractivity contribution in [1.82, 2.24) is 15.1 Å². The summed E-state index contributed by atoms with van der Waals surface area (Å²) >= 11 is 0. The fourth-order valence-electron chi connectivity index (χ4n) is 2.10. The Kier molecular flexibility index (Phi) is 2.12. The molecule has 3 nitrogen and oxygen atoms in total. The summed E-state index contributed by atoms with van der Waals surface area (Å²) in [6, 6.07) is 0. The summed E-state index contributed by atoms with van der Waals surface area (Å²) in [5, 5.41) is 7.82. The molecule has 0 atom stereocenters. The smallest absolute Gasteiger partial charge is 0.0632 e. The topological polar surface area (TPSA) is 29.9 Å². The van der Waals surface area contributed by atoms with Crippen LogP contribution in [0.3, 0.4) is 0 Å². The lowest BCUT2D eigenvalue weighted by atomic mass is 9.92. The summed E-state index contributed by atoms with van der Waals surface area (Å²) in [4.78, 5) is 0. The van der Waals surface area contributed by atoms with Gasteiger partial charge >= 0.3 is 0 Å². The molecule has 1 N–H and O–H groups in total. The maximum Gasteiger partial charge on any atom is 0.0632 e. The molecule has 0 aliphatic carbocycles. The van der Waals surface area contributed by atoms with Gasteiger partial charge in [0, 0.05) is 36.8 Å². The molecular weight excluding hydrogens is 162 g/mol. The molecule has 2 heterocycles. The van der Waals surface area contributed by atoms with E-state index in [0.717, 1.165) is 19.6 Å². The highest BCUT2D eigenvalue weighted by Gasteiger charge is 2.25. The van der Waals surface area contributed by atoms with Gasteiger partial charge in [-0.3, -0.25) is 4.68 Å². The second kappa shape index (κ2) is 3.14. The highest BCUT2D eigenvalue weighted by molar-refractivity contribution is 5.31. The van der Waals surface area contributed by atoms with Crippen LogP contribution in [0.1, 0.15) is 29.8 Å². The highest BCUT2D eigenvalue weighted by Crippen LogP contribution is 2.26. The van der Waals surface area contributed by atoms with Crippen LogP contribution < -0.4 is 5.32 Å². The second-order valence-corrected chi connectivity index (χ2v) is 3.76. The second-order valence-electron chi connectivity index (χ2n) is 3.76. The van der Waals surface area contributed by atoms with Gasteiger partial charge in [-0.1, -0.05) is 0 Å². The van der Waals surface area contributed by atoms with Crippen molar-refractivity contribution in [2.45, 2.75) is 33.2 Å². The van der Waals surface area contributed by atoms with E-state index in [1.807, 2.05) is 0 Å². The van der Waals surface area contributed by atoms with Gasteiger partial charge in [-0.15, -0.1) is 0 Å². The van der Waals surface area contributed by atoms with Gasteiger partial charge in [0.1, 0.15) is 0 Å². The van der Waals surface area contributed by atoms with E-state index in [-0.39, 0.29) is 0 Å². The zero-order valence-electron chi connectivity index (χ0n) is 8.59. The minimum atomic E-state index is 0.709. The van der Waals surface area contributed by atoms with Crippen LogP contribution in [0, 0.1) is 13.8 Å². The fourth-order valence-corrected chi connectivity index (χ4v) is 2.10. The van der Waals surface area contributed by atoms with Crippen LogP contribution >= 0.6 is 0 Å². The first-order valence-corrected chi connectivity index (χ1v) is 4.98. The Morgan fingerprint density at radius 1 is 1.46 bits per heavy atom. The SMILES string of the molecule is CCn1nc(C)c(C2CNC2)c1C. The van der Waals surface area contributed by atoms with Crippen LogP contribution in [-0.4, -0.2) is 22.9 Å². The van der Waals surface area contributed by atoms with Crippen molar-refractivity contribution in [2.24, 2.45) is 0 Å². The van der Waals surface area contributed by atoms with E-state index in [2.05, 4.69) is 35.9 Å². The Morgan fingerprint density at radius 3 is 2.54 bits per heavy atom. The predicted molar refractivity (Wildman–Crippen MR) is 53.0 cm³/mol. The van der Waals surface area contributed by atoms with Crippen molar-refractivity contribution in [3.63, 3.8) is 0 Å². The van der Waals surface area contributed by atoms with Crippen LogP contribution in [-0.2, 0) is 6.54 Å². The van der Waals surface area contributed by atoms with Gasteiger partial charge in [0.15, 0.2) is 0 Å². The average molecular weight is 179 g/mol. The summed E-state index contributed by atoms with van der Waals surface area (Å²) in [6.45, 7) is 9.66. The van der Waals surface area contributed by atoms with Crippen molar-refractivity contribution in [1.29, 1.82) is 0 Å². The van der Waals surface area contributed by atoms with Crippen LogP contribution in [0.25, 0.3) is 0 Å². The molecule has 0 aromatic carbocycles. The predicted octanol–water partition coefficient (Wildman–Crippen LogP) is 1.21. The van der Waals surface area contributed by atoms with Crippen molar-refractivity contribution in [2.75, 3.05) is 13.1 Å². The number of hydrogen-bond donors (Lipinski definition) is 1. The molecule has 0 spiro atoms. The first kappa shape index (κ1) is 8.75. The van der Waals surface area contributed by atoms with Crippen molar-refractivity contribution >= 4 is 0 Å². The third-order valence-corrected chi connectivity index (χ3v) is 2.93. The van der Waals surface area contributed by atoms with E-state index < -0.39 is 0 Å². The molecule has 13 heavy (non-hydrogen) atoms. The fraction of sp³-hybridized carbons (Fsp3) is 0.700. The molecule has 1 aliphatic heterocycles. The van der Waals surface area contributed by atoms with Gasteiger partial charge in [-0.25, -0.2) is 0 Å². The van der Waals surface area contributed by atoms with Crippen LogP contribution in [0.4, 0.5) is 0 Å². The van der Waals surface area contributed by atoms with Crippen molar-refractivity contribution < 1.29 is 0 Å². The van der Waals surface area contributed by atoms with Gasteiger partial charge in [-0.2, -0.15) is 5.10 Å². The third kappa shape index (κ3) is 1.27. The van der Waals surface area contributed by atoms with E-state index in [4.69, 9.17) is 0 Å². The highest BCUT2D eigenvalue weighted by atomic mass is 15.3. The molecule has 0 unspecified atom stereocenters.